The van der Waals surface area contributed by atoms with Crippen LogP contribution < -0.4 is 5.32 Å². The number of nitrogens with one attached hydrogen (secondary N) is 1. The van der Waals surface area contributed by atoms with Crippen LogP contribution >= 0.6 is 0 Å². The van der Waals surface area contributed by atoms with Crippen LogP contribution in [-0.2, 0) is 6.54 Å². The Kier molecular flexibility index (Phi) is 1.24. The van der Waals surface area contributed by atoms with Gasteiger partial charge >= 0.3 is 0 Å². The predicted molar refractivity (Wildman–Crippen MR) is 38.6 cm³/mol. The summed E-state index contributed by atoms with van der Waals surface area (Å²) in [6.07, 6.45) is 1.86. The third kappa shape index (κ3) is 0.743. The fourth-order valence-electron chi connectivity index (χ4n) is 1.37. The van der Waals surface area contributed by atoms with Gasteiger partial charge in [0.1, 0.15) is 0 Å². The monoisotopic (exact) mass is 137 g/mol. The number of fused-ring (bicyclic) bond motifs is 1. The Bertz CT molecular complexity index is 229. The van der Waals surface area contributed by atoms with Crippen LogP contribution in [0.4, 0.5) is 0 Å². The van der Waals surface area contributed by atoms with Gasteiger partial charge in [0.2, 0.25) is 0 Å². The second-order valence-corrected chi connectivity index (χ2v) is 2.75. The highest BCUT2D eigenvalue weighted by Crippen LogP contribution is 2.11. The van der Waals surface area contributed by atoms with Crippen molar-refractivity contribution in [3.63, 3.8) is 0 Å². The fourth-order valence-corrected chi connectivity index (χ4v) is 1.37. The summed E-state index contributed by atoms with van der Waals surface area (Å²) in [7, 11) is 0. The highest BCUT2D eigenvalue weighted by Gasteiger charge is 2.13. The Balaban J connectivity index is 2.41. The maximum absolute atomic E-state index is 4.21. The molecular formula is C7H11N3. The molecule has 1 aromatic heterocycles. The van der Waals surface area contributed by atoms with Crippen LogP contribution in [0.25, 0.3) is 0 Å². The Morgan fingerprint density at radius 3 is 3.50 bits per heavy atom. The average molecular weight is 137 g/mol. The first-order valence-electron chi connectivity index (χ1n) is 3.61. The molecule has 0 spiro atoms. The van der Waals surface area contributed by atoms with Crippen molar-refractivity contribution in [2.45, 2.75) is 19.5 Å². The molecule has 0 radical (unpaired) electrons. The van der Waals surface area contributed by atoms with Gasteiger partial charge in [-0.05, 0) is 13.0 Å². The van der Waals surface area contributed by atoms with Gasteiger partial charge in [-0.1, -0.05) is 0 Å². The molecule has 1 aliphatic heterocycles. The minimum atomic E-state index is 0.513. The van der Waals surface area contributed by atoms with E-state index in [1.807, 2.05) is 6.20 Å². The second-order valence-electron chi connectivity index (χ2n) is 2.75. The quantitative estimate of drug-likeness (QED) is 0.566. The molecule has 1 N–H and O–H groups in total. The molecule has 0 unspecified atom stereocenters. The molecule has 2 rings (SSSR count). The lowest BCUT2D eigenvalue weighted by Gasteiger charge is -2.21. The fraction of sp³-hybridized carbons (Fsp3) is 0.571. The van der Waals surface area contributed by atoms with E-state index in [1.165, 1.54) is 5.69 Å². The Labute approximate surface area is 60.0 Å². The maximum atomic E-state index is 4.21. The molecule has 0 aromatic carbocycles. The zero-order valence-electron chi connectivity index (χ0n) is 6.04. The molecule has 0 bridgehead atoms. The van der Waals surface area contributed by atoms with Gasteiger partial charge in [0.15, 0.2) is 0 Å². The summed E-state index contributed by atoms with van der Waals surface area (Å²) in [4.78, 5) is 0. The third-order valence-corrected chi connectivity index (χ3v) is 1.92. The molecule has 0 aliphatic carbocycles. The van der Waals surface area contributed by atoms with E-state index < -0.39 is 0 Å². The van der Waals surface area contributed by atoms with Gasteiger partial charge < -0.3 is 5.32 Å². The molecule has 1 aliphatic rings. The van der Waals surface area contributed by atoms with E-state index in [9.17, 15) is 0 Å². The zero-order valence-corrected chi connectivity index (χ0v) is 6.04. The highest BCUT2D eigenvalue weighted by molar-refractivity contribution is 5.03. The van der Waals surface area contributed by atoms with Crippen LogP contribution in [0.2, 0.25) is 0 Å². The van der Waals surface area contributed by atoms with Crippen LogP contribution in [-0.4, -0.2) is 16.3 Å². The lowest BCUT2D eigenvalue weighted by molar-refractivity contribution is 0.392. The third-order valence-electron chi connectivity index (χ3n) is 1.92. The largest absolute Gasteiger partial charge is 0.309 e. The van der Waals surface area contributed by atoms with Crippen LogP contribution in [0.1, 0.15) is 18.7 Å². The van der Waals surface area contributed by atoms with Crippen molar-refractivity contribution in [2.24, 2.45) is 0 Å². The topological polar surface area (TPSA) is 29.9 Å². The van der Waals surface area contributed by atoms with Gasteiger partial charge in [-0.2, -0.15) is 5.10 Å². The Morgan fingerprint density at radius 2 is 2.70 bits per heavy atom. The maximum Gasteiger partial charge on any atom is 0.0619 e. The molecule has 3 nitrogen and oxygen atoms in total. The van der Waals surface area contributed by atoms with Gasteiger partial charge in [0.05, 0.1) is 11.7 Å². The molecule has 0 saturated carbocycles. The average Bonchev–Trinajstić information content (AvgIpc) is 2.36. The van der Waals surface area contributed by atoms with E-state index in [1.54, 1.807) is 0 Å². The molecule has 0 fully saturated rings. The second kappa shape index (κ2) is 2.09. The van der Waals surface area contributed by atoms with E-state index >= 15 is 0 Å². The van der Waals surface area contributed by atoms with Gasteiger partial charge in [0, 0.05) is 19.3 Å². The molecule has 0 saturated heterocycles. The molecule has 2 heterocycles. The number of hydrogen-bond donors (Lipinski definition) is 1. The van der Waals surface area contributed by atoms with Crippen LogP contribution in [0.3, 0.4) is 0 Å². The first-order chi connectivity index (χ1) is 4.88. The first-order valence-corrected chi connectivity index (χ1v) is 3.61. The summed E-state index contributed by atoms with van der Waals surface area (Å²) in [6.45, 7) is 4.17. The van der Waals surface area contributed by atoms with Crippen molar-refractivity contribution in [3.05, 3.63) is 18.0 Å². The summed E-state index contributed by atoms with van der Waals surface area (Å²) in [5, 5.41) is 7.53. The van der Waals surface area contributed by atoms with Gasteiger partial charge in [0.25, 0.3) is 0 Å². The summed E-state index contributed by atoms with van der Waals surface area (Å²) in [6, 6.07) is 2.57. The molecule has 0 amide bonds. The first kappa shape index (κ1) is 5.92. The SMILES string of the molecule is C[C@@H]1CNCc2ccnn21. The van der Waals surface area contributed by atoms with Crippen LogP contribution in [0.5, 0.6) is 0 Å². The minimum Gasteiger partial charge on any atom is -0.309 e. The van der Waals surface area contributed by atoms with Crippen molar-refractivity contribution in [2.75, 3.05) is 6.54 Å². The smallest absolute Gasteiger partial charge is 0.0619 e. The molecule has 54 valence electrons. The highest BCUT2D eigenvalue weighted by atomic mass is 15.3. The van der Waals surface area contributed by atoms with E-state index in [0.29, 0.717) is 6.04 Å². The van der Waals surface area contributed by atoms with Crippen molar-refractivity contribution in [1.29, 1.82) is 0 Å². The van der Waals surface area contributed by atoms with Gasteiger partial charge in [-0.15, -0.1) is 0 Å². The van der Waals surface area contributed by atoms with Crippen molar-refractivity contribution < 1.29 is 0 Å². The standard InChI is InChI=1S/C7H11N3/c1-6-4-8-5-7-2-3-9-10(6)7/h2-3,6,8H,4-5H2,1H3/t6-/m1/s1. The number of aromatic nitrogens is 2. The van der Waals surface area contributed by atoms with Crippen molar-refractivity contribution in [1.82, 2.24) is 15.1 Å². The van der Waals surface area contributed by atoms with E-state index in [2.05, 4.69) is 28.1 Å². The summed E-state index contributed by atoms with van der Waals surface area (Å²) < 4.78 is 2.08. The summed E-state index contributed by atoms with van der Waals surface area (Å²) in [5.41, 5.74) is 1.29. The number of rotatable bonds is 0. The predicted octanol–water partition coefficient (Wildman–Crippen LogP) is 0.547. The van der Waals surface area contributed by atoms with Gasteiger partial charge in [-0.3, -0.25) is 4.68 Å². The van der Waals surface area contributed by atoms with E-state index in [4.69, 9.17) is 0 Å². The number of nitrogens with zero attached hydrogens (tertiary/aromatic N) is 2. The normalized spacial score (nSPS) is 24.3. The van der Waals surface area contributed by atoms with Crippen molar-refractivity contribution in [3.8, 4) is 0 Å². The van der Waals surface area contributed by atoms with Crippen molar-refractivity contribution >= 4 is 0 Å². The Morgan fingerprint density at radius 1 is 1.80 bits per heavy atom. The molecule has 3 heteroatoms. The van der Waals surface area contributed by atoms with E-state index in [-0.39, 0.29) is 0 Å². The van der Waals surface area contributed by atoms with E-state index in [0.717, 1.165) is 13.1 Å². The zero-order chi connectivity index (χ0) is 6.97. The Hall–Kier alpha value is -0.830. The number of hydrogen-bond acceptors (Lipinski definition) is 2. The minimum absolute atomic E-state index is 0.513. The molecule has 1 aromatic rings. The summed E-state index contributed by atoms with van der Waals surface area (Å²) in [5.74, 6) is 0. The van der Waals surface area contributed by atoms with Gasteiger partial charge in [-0.25, -0.2) is 0 Å². The lowest BCUT2D eigenvalue weighted by Crippen LogP contribution is -2.31. The molecule has 1 atom stereocenters. The lowest BCUT2D eigenvalue weighted by atomic mass is 10.2. The van der Waals surface area contributed by atoms with Crippen LogP contribution in [0.15, 0.2) is 12.3 Å². The summed E-state index contributed by atoms with van der Waals surface area (Å²) >= 11 is 0. The van der Waals surface area contributed by atoms with Crippen LogP contribution in [0, 0.1) is 0 Å². The molecular weight excluding hydrogens is 126 g/mol. The molecule has 10 heavy (non-hydrogen) atoms.